The van der Waals surface area contributed by atoms with E-state index in [2.05, 4.69) is 22.0 Å². The van der Waals surface area contributed by atoms with Crippen LogP contribution in [0.2, 0.25) is 0 Å². The van der Waals surface area contributed by atoms with Gasteiger partial charge in [0.15, 0.2) is 5.78 Å². The third-order valence-electron chi connectivity index (χ3n) is 4.05. The second-order valence-corrected chi connectivity index (χ2v) is 7.13. The van der Waals surface area contributed by atoms with Crippen LogP contribution in [0.4, 0.5) is 0 Å². The maximum absolute atomic E-state index is 12.5. The summed E-state index contributed by atoms with van der Waals surface area (Å²) in [6.45, 7) is 0. The number of carbonyl (C=O) groups is 1. The molecule has 3 heteroatoms. The van der Waals surface area contributed by atoms with Gasteiger partial charge in [0, 0.05) is 31.9 Å². The summed E-state index contributed by atoms with van der Waals surface area (Å²) in [5, 5.41) is 3.14. The van der Waals surface area contributed by atoms with E-state index in [1.165, 1.54) is 36.8 Å². The van der Waals surface area contributed by atoms with Crippen LogP contribution in [0.5, 0.6) is 0 Å². The lowest BCUT2D eigenvalue weighted by Crippen LogP contribution is -2.11. The zero-order valence-electron chi connectivity index (χ0n) is 10.8. The summed E-state index contributed by atoms with van der Waals surface area (Å²) in [6, 6.07) is 6.11. The van der Waals surface area contributed by atoms with Gasteiger partial charge in [-0.1, -0.05) is 44.2 Å². The van der Waals surface area contributed by atoms with E-state index in [1.54, 1.807) is 11.3 Å². The zero-order chi connectivity index (χ0) is 13.2. The molecule has 0 N–H and O–H groups in total. The first-order chi connectivity index (χ1) is 9.25. The minimum absolute atomic E-state index is 0.330. The van der Waals surface area contributed by atoms with E-state index in [-0.39, 0.29) is 0 Å². The highest BCUT2D eigenvalue weighted by atomic mass is 79.9. The molecule has 1 aliphatic rings. The van der Waals surface area contributed by atoms with Crippen LogP contribution in [0.25, 0.3) is 10.1 Å². The third kappa shape index (κ3) is 2.77. The molecule has 1 fully saturated rings. The van der Waals surface area contributed by atoms with E-state index >= 15 is 0 Å². The Morgan fingerprint density at radius 1 is 1.26 bits per heavy atom. The number of carbonyl (C=O) groups excluding carboxylic acids is 1. The molecule has 1 aromatic heterocycles. The first kappa shape index (κ1) is 13.3. The SMILES string of the molecule is O=C(CC1CCCCC1)c1csc2c(Br)cccc12. The van der Waals surface area contributed by atoms with Crippen molar-refractivity contribution >= 4 is 43.1 Å². The van der Waals surface area contributed by atoms with Crippen molar-refractivity contribution in [3.63, 3.8) is 0 Å². The Kier molecular flexibility index (Phi) is 4.04. The van der Waals surface area contributed by atoms with Crippen LogP contribution in [0.1, 0.15) is 48.9 Å². The average molecular weight is 337 g/mol. The monoisotopic (exact) mass is 336 g/mol. The largest absolute Gasteiger partial charge is 0.294 e. The molecular formula is C16H17BrOS. The Labute approximate surface area is 126 Å². The molecule has 1 saturated carbocycles. The van der Waals surface area contributed by atoms with Gasteiger partial charge in [-0.25, -0.2) is 0 Å². The maximum atomic E-state index is 12.5. The number of hydrogen-bond donors (Lipinski definition) is 0. The lowest BCUT2D eigenvalue weighted by atomic mass is 9.85. The van der Waals surface area contributed by atoms with Crippen molar-refractivity contribution in [3.8, 4) is 0 Å². The molecule has 0 spiro atoms. The number of fused-ring (bicyclic) bond motifs is 1. The van der Waals surface area contributed by atoms with E-state index in [9.17, 15) is 4.79 Å². The predicted molar refractivity (Wildman–Crippen MR) is 85.0 cm³/mol. The Balaban J connectivity index is 1.83. The second kappa shape index (κ2) is 5.76. The Morgan fingerprint density at radius 2 is 2.05 bits per heavy atom. The Hall–Kier alpha value is -0.670. The smallest absolute Gasteiger partial charge is 0.164 e. The summed E-state index contributed by atoms with van der Waals surface area (Å²) in [5.74, 6) is 0.944. The predicted octanol–water partition coefficient (Wildman–Crippen LogP) is 5.82. The number of ketones is 1. The molecule has 3 rings (SSSR count). The molecule has 0 aliphatic heterocycles. The Morgan fingerprint density at radius 3 is 2.84 bits per heavy atom. The second-order valence-electron chi connectivity index (χ2n) is 5.40. The van der Waals surface area contributed by atoms with Gasteiger partial charge in [-0.05, 0) is 27.9 Å². The lowest BCUT2D eigenvalue weighted by Gasteiger charge is -2.20. The summed E-state index contributed by atoms with van der Waals surface area (Å²) in [7, 11) is 0. The molecule has 0 radical (unpaired) electrons. The topological polar surface area (TPSA) is 17.1 Å². The van der Waals surface area contributed by atoms with Crippen molar-refractivity contribution in [2.24, 2.45) is 5.92 Å². The van der Waals surface area contributed by atoms with E-state index < -0.39 is 0 Å². The molecule has 2 aromatic rings. The molecule has 19 heavy (non-hydrogen) atoms. The summed E-state index contributed by atoms with van der Waals surface area (Å²) < 4.78 is 2.28. The zero-order valence-corrected chi connectivity index (χ0v) is 13.2. The summed E-state index contributed by atoms with van der Waals surface area (Å²) in [6.07, 6.45) is 7.15. The van der Waals surface area contributed by atoms with Gasteiger partial charge in [0.05, 0.1) is 0 Å². The van der Waals surface area contributed by atoms with E-state index in [0.29, 0.717) is 11.7 Å². The molecule has 0 unspecified atom stereocenters. The van der Waals surface area contributed by atoms with Crippen LogP contribution in [-0.4, -0.2) is 5.78 Å². The average Bonchev–Trinajstić information content (AvgIpc) is 2.85. The number of benzene rings is 1. The Bertz CT molecular complexity index is 596. The number of Topliss-reactive ketones (excluding diaryl/α,β-unsaturated/α-hetero) is 1. The van der Waals surface area contributed by atoms with E-state index in [4.69, 9.17) is 0 Å². The lowest BCUT2D eigenvalue weighted by molar-refractivity contribution is 0.0952. The highest BCUT2D eigenvalue weighted by Gasteiger charge is 2.20. The van der Waals surface area contributed by atoms with Crippen molar-refractivity contribution in [3.05, 3.63) is 33.6 Å². The van der Waals surface area contributed by atoms with Crippen molar-refractivity contribution < 1.29 is 4.79 Å². The van der Waals surface area contributed by atoms with Gasteiger partial charge >= 0.3 is 0 Å². The molecule has 0 saturated heterocycles. The fourth-order valence-electron chi connectivity index (χ4n) is 3.00. The molecule has 1 aliphatic carbocycles. The minimum Gasteiger partial charge on any atom is -0.294 e. The standard InChI is InChI=1S/C16H17BrOS/c17-14-8-4-7-12-13(10-19-16(12)14)15(18)9-11-5-2-1-3-6-11/h4,7-8,10-11H,1-3,5-6,9H2. The number of rotatable bonds is 3. The van der Waals surface area contributed by atoms with Gasteiger partial charge in [0.1, 0.15) is 0 Å². The highest BCUT2D eigenvalue weighted by Crippen LogP contribution is 2.34. The first-order valence-electron chi connectivity index (χ1n) is 6.94. The molecule has 0 atom stereocenters. The maximum Gasteiger partial charge on any atom is 0.164 e. The van der Waals surface area contributed by atoms with Crippen LogP contribution >= 0.6 is 27.3 Å². The van der Waals surface area contributed by atoms with Gasteiger partial charge in [0.25, 0.3) is 0 Å². The third-order valence-corrected chi connectivity index (χ3v) is 6.00. The van der Waals surface area contributed by atoms with Gasteiger partial charge < -0.3 is 0 Å². The van der Waals surface area contributed by atoms with Crippen LogP contribution < -0.4 is 0 Å². The quantitative estimate of drug-likeness (QED) is 0.645. The van der Waals surface area contributed by atoms with Gasteiger partial charge in [0.2, 0.25) is 0 Å². The first-order valence-corrected chi connectivity index (χ1v) is 8.62. The van der Waals surface area contributed by atoms with Crippen LogP contribution in [0.15, 0.2) is 28.1 Å². The van der Waals surface area contributed by atoms with Crippen molar-refractivity contribution in [2.75, 3.05) is 0 Å². The van der Waals surface area contributed by atoms with Crippen LogP contribution in [0.3, 0.4) is 0 Å². The molecule has 0 bridgehead atoms. The number of thiophene rings is 1. The normalized spacial score (nSPS) is 16.9. The minimum atomic E-state index is 0.330. The summed E-state index contributed by atoms with van der Waals surface area (Å²) in [4.78, 5) is 12.5. The summed E-state index contributed by atoms with van der Waals surface area (Å²) >= 11 is 5.22. The molecular weight excluding hydrogens is 320 g/mol. The van der Waals surface area contributed by atoms with Gasteiger partial charge in [-0.2, -0.15) is 0 Å². The van der Waals surface area contributed by atoms with Crippen molar-refractivity contribution in [2.45, 2.75) is 38.5 Å². The van der Waals surface area contributed by atoms with Crippen molar-refractivity contribution in [1.29, 1.82) is 0 Å². The molecule has 1 heterocycles. The fourth-order valence-corrected chi connectivity index (χ4v) is 4.63. The van der Waals surface area contributed by atoms with E-state index in [0.717, 1.165) is 21.8 Å². The number of halogens is 1. The summed E-state index contributed by atoms with van der Waals surface area (Å²) in [5.41, 5.74) is 0.923. The molecule has 1 aromatic carbocycles. The van der Waals surface area contributed by atoms with E-state index in [1.807, 2.05) is 17.5 Å². The molecule has 100 valence electrons. The van der Waals surface area contributed by atoms with Crippen LogP contribution in [0, 0.1) is 5.92 Å². The molecule has 1 nitrogen and oxygen atoms in total. The van der Waals surface area contributed by atoms with Gasteiger partial charge in [-0.3, -0.25) is 4.79 Å². The number of hydrogen-bond acceptors (Lipinski definition) is 2. The highest BCUT2D eigenvalue weighted by molar-refractivity contribution is 9.10. The fraction of sp³-hybridized carbons (Fsp3) is 0.438. The van der Waals surface area contributed by atoms with Crippen LogP contribution in [-0.2, 0) is 0 Å². The molecule has 0 amide bonds. The van der Waals surface area contributed by atoms with Crippen molar-refractivity contribution in [1.82, 2.24) is 0 Å². The van der Waals surface area contributed by atoms with Gasteiger partial charge in [-0.15, -0.1) is 11.3 Å².